The molecule has 0 aliphatic heterocycles. The smallest absolute Gasteiger partial charge is 0.303 e. The number of nitrogens with one attached hydrogen (secondary N) is 1. The highest BCUT2D eigenvalue weighted by molar-refractivity contribution is 5.75. The second-order valence-electron chi connectivity index (χ2n) is 5.31. The highest BCUT2D eigenvalue weighted by atomic mass is 16.4. The maximum atomic E-state index is 11.7. The van der Waals surface area contributed by atoms with Crippen molar-refractivity contribution < 1.29 is 14.7 Å². The van der Waals surface area contributed by atoms with Crippen molar-refractivity contribution >= 4 is 11.9 Å². The number of carbonyl (C=O) groups is 2. The number of hydrogen-bond acceptors (Lipinski definition) is 4. The lowest BCUT2D eigenvalue weighted by Crippen LogP contribution is -2.31. The third-order valence-electron chi connectivity index (χ3n) is 2.90. The second kappa shape index (κ2) is 8.29. The van der Waals surface area contributed by atoms with Gasteiger partial charge in [0.05, 0.1) is 12.7 Å². The van der Waals surface area contributed by atoms with Crippen molar-refractivity contribution in [3.8, 4) is 0 Å². The summed E-state index contributed by atoms with van der Waals surface area (Å²) >= 11 is 0. The maximum absolute atomic E-state index is 11.7. The van der Waals surface area contributed by atoms with Crippen LogP contribution in [0.5, 0.6) is 0 Å². The zero-order valence-corrected chi connectivity index (χ0v) is 12.0. The molecule has 0 aliphatic rings. The van der Waals surface area contributed by atoms with E-state index in [2.05, 4.69) is 15.6 Å². The van der Waals surface area contributed by atoms with Crippen LogP contribution in [0.15, 0.2) is 12.4 Å². The molecule has 7 heteroatoms. The maximum Gasteiger partial charge on any atom is 0.303 e. The minimum Gasteiger partial charge on any atom is -0.481 e. The molecule has 0 bridgehead atoms. The van der Waals surface area contributed by atoms with Crippen LogP contribution in [0.2, 0.25) is 0 Å². The molecule has 0 radical (unpaired) electrons. The topological polar surface area (TPSA) is 97.1 Å². The Balaban J connectivity index is 2.30. The number of hydrogen-bond donors (Lipinski definition) is 2. The highest BCUT2D eigenvalue weighted by Gasteiger charge is 2.16. The van der Waals surface area contributed by atoms with Crippen molar-refractivity contribution in [3.63, 3.8) is 0 Å². The van der Waals surface area contributed by atoms with Gasteiger partial charge in [0.15, 0.2) is 0 Å². The molecular formula is C13H22N4O3. The lowest BCUT2D eigenvalue weighted by Gasteiger charge is -2.17. The Morgan fingerprint density at radius 1 is 1.40 bits per heavy atom. The molecule has 0 saturated heterocycles. The zero-order valence-electron chi connectivity index (χ0n) is 12.0. The first-order valence-electron chi connectivity index (χ1n) is 6.80. The van der Waals surface area contributed by atoms with E-state index in [1.807, 2.05) is 13.8 Å². The number of nitrogens with zero attached hydrogens (tertiary/aromatic N) is 3. The third kappa shape index (κ3) is 6.86. The number of amides is 1. The summed E-state index contributed by atoms with van der Waals surface area (Å²) in [6.07, 6.45) is 4.44. The van der Waals surface area contributed by atoms with Gasteiger partial charge in [-0.25, -0.2) is 0 Å². The molecule has 2 N–H and O–H groups in total. The molecule has 20 heavy (non-hydrogen) atoms. The van der Waals surface area contributed by atoms with E-state index in [-0.39, 0.29) is 18.2 Å². The van der Waals surface area contributed by atoms with Gasteiger partial charge in [-0.3, -0.25) is 14.3 Å². The van der Waals surface area contributed by atoms with Crippen LogP contribution in [-0.2, 0) is 16.1 Å². The number of aryl methyl sites for hydroxylation is 1. The van der Waals surface area contributed by atoms with Crippen LogP contribution in [0, 0.1) is 11.8 Å². The van der Waals surface area contributed by atoms with Gasteiger partial charge in [0.25, 0.3) is 0 Å². The van der Waals surface area contributed by atoms with Gasteiger partial charge in [-0.1, -0.05) is 19.1 Å². The summed E-state index contributed by atoms with van der Waals surface area (Å²) in [6, 6.07) is 0. The van der Waals surface area contributed by atoms with Gasteiger partial charge < -0.3 is 10.4 Å². The van der Waals surface area contributed by atoms with Gasteiger partial charge >= 0.3 is 5.97 Å². The minimum absolute atomic E-state index is 0.0252. The third-order valence-corrected chi connectivity index (χ3v) is 2.90. The Bertz CT molecular complexity index is 417. The summed E-state index contributed by atoms with van der Waals surface area (Å²) in [6.45, 7) is 4.96. The van der Waals surface area contributed by atoms with Crippen LogP contribution in [-0.4, -0.2) is 38.5 Å². The molecule has 1 amide bonds. The summed E-state index contributed by atoms with van der Waals surface area (Å²) in [4.78, 5) is 22.5. The molecule has 0 aromatic carbocycles. The van der Waals surface area contributed by atoms with E-state index in [0.29, 0.717) is 25.4 Å². The second-order valence-corrected chi connectivity index (χ2v) is 5.31. The van der Waals surface area contributed by atoms with E-state index in [1.54, 1.807) is 17.1 Å². The number of carboxylic acids is 1. The van der Waals surface area contributed by atoms with E-state index in [0.717, 1.165) is 6.42 Å². The van der Waals surface area contributed by atoms with Crippen molar-refractivity contribution in [1.29, 1.82) is 0 Å². The molecule has 112 valence electrons. The van der Waals surface area contributed by atoms with E-state index in [4.69, 9.17) is 5.11 Å². The number of aromatic nitrogens is 3. The van der Waals surface area contributed by atoms with Crippen molar-refractivity contribution in [2.75, 3.05) is 6.54 Å². The molecule has 0 unspecified atom stereocenters. The number of rotatable bonds is 9. The van der Waals surface area contributed by atoms with E-state index >= 15 is 0 Å². The summed E-state index contributed by atoms with van der Waals surface area (Å²) in [5.41, 5.74) is 0. The fourth-order valence-electron chi connectivity index (χ4n) is 2.07. The Morgan fingerprint density at radius 2 is 2.15 bits per heavy atom. The van der Waals surface area contributed by atoms with E-state index in [9.17, 15) is 9.59 Å². The van der Waals surface area contributed by atoms with Gasteiger partial charge in [-0.15, -0.1) is 5.10 Å². The first kappa shape index (κ1) is 16.1. The van der Waals surface area contributed by atoms with Gasteiger partial charge in [0.1, 0.15) is 0 Å². The van der Waals surface area contributed by atoms with Crippen LogP contribution < -0.4 is 5.32 Å². The number of aliphatic carboxylic acids is 1. The summed E-state index contributed by atoms with van der Waals surface area (Å²) in [5.74, 6) is -0.540. The Labute approximate surface area is 118 Å². The van der Waals surface area contributed by atoms with Crippen molar-refractivity contribution in [3.05, 3.63) is 12.4 Å². The summed E-state index contributed by atoms with van der Waals surface area (Å²) < 4.78 is 1.59. The fourth-order valence-corrected chi connectivity index (χ4v) is 2.07. The van der Waals surface area contributed by atoms with Gasteiger partial charge in [0, 0.05) is 25.6 Å². The van der Waals surface area contributed by atoms with Crippen LogP contribution in [0.4, 0.5) is 0 Å². The van der Waals surface area contributed by atoms with E-state index in [1.165, 1.54) is 0 Å². The Hall–Kier alpha value is -1.92. The molecule has 0 aliphatic carbocycles. The summed E-state index contributed by atoms with van der Waals surface area (Å²) in [5, 5.41) is 19.1. The zero-order chi connectivity index (χ0) is 15.0. The normalized spacial score (nSPS) is 12.3. The molecule has 0 spiro atoms. The first-order valence-corrected chi connectivity index (χ1v) is 6.80. The Kier molecular flexibility index (Phi) is 6.69. The average molecular weight is 282 g/mol. The van der Waals surface area contributed by atoms with Gasteiger partial charge in [-0.05, 0) is 18.3 Å². The van der Waals surface area contributed by atoms with Crippen LogP contribution in [0.25, 0.3) is 0 Å². The minimum atomic E-state index is -0.826. The average Bonchev–Trinajstić information content (AvgIpc) is 2.85. The Morgan fingerprint density at radius 3 is 2.70 bits per heavy atom. The molecule has 0 saturated carbocycles. The molecule has 1 atom stereocenters. The van der Waals surface area contributed by atoms with Crippen LogP contribution >= 0.6 is 0 Å². The number of carbonyl (C=O) groups excluding carboxylic acids is 1. The van der Waals surface area contributed by atoms with Crippen molar-refractivity contribution in [2.24, 2.45) is 11.8 Å². The molecule has 0 fully saturated rings. The molecule has 1 heterocycles. The lowest BCUT2D eigenvalue weighted by atomic mass is 9.94. The molecule has 1 rings (SSSR count). The predicted octanol–water partition coefficient (Wildman–Crippen LogP) is 0.921. The molecular weight excluding hydrogens is 260 g/mol. The largest absolute Gasteiger partial charge is 0.481 e. The predicted molar refractivity (Wildman–Crippen MR) is 72.8 cm³/mol. The quantitative estimate of drug-likeness (QED) is 0.702. The van der Waals surface area contributed by atoms with Crippen molar-refractivity contribution in [1.82, 2.24) is 20.3 Å². The van der Waals surface area contributed by atoms with E-state index < -0.39 is 5.97 Å². The lowest BCUT2D eigenvalue weighted by molar-refractivity contribution is -0.138. The molecule has 7 nitrogen and oxygen atoms in total. The number of carboxylic acid groups (broad SMARTS) is 1. The van der Waals surface area contributed by atoms with Crippen molar-refractivity contribution in [2.45, 2.75) is 39.7 Å². The standard InChI is InChI=1S/C13H22N4O3/c1-10(2)7-11(8-13(19)20)9-14-12(18)3-5-17-6-4-15-16-17/h4,6,10-11H,3,5,7-9H2,1-2H3,(H,14,18)(H,19,20)/t11-/m0/s1. The highest BCUT2D eigenvalue weighted by Crippen LogP contribution is 2.14. The van der Waals surface area contributed by atoms with Crippen LogP contribution in [0.1, 0.15) is 33.1 Å². The SMILES string of the molecule is CC(C)C[C@H](CNC(=O)CCn1ccnn1)CC(=O)O. The molecule has 1 aromatic rings. The van der Waals surface area contributed by atoms with Crippen LogP contribution in [0.3, 0.4) is 0 Å². The monoisotopic (exact) mass is 282 g/mol. The van der Waals surface area contributed by atoms with Gasteiger partial charge in [-0.2, -0.15) is 0 Å². The van der Waals surface area contributed by atoms with Gasteiger partial charge in [0.2, 0.25) is 5.91 Å². The first-order chi connectivity index (χ1) is 9.47. The fraction of sp³-hybridized carbons (Fsp3) is 0.692. The summed E-state index contributed by atoms with van der Waals surface area (Å²) in [7, 11) is 0. The molecule has 1 aromatic heterocycles.